The molecule has 0 aromatic carbocycles. The van der Waals surface area contributed by atoms with E-state index in [2.05, 4.69) is 15.0 Å². The average molecular weight is 153 g/mol. The Labute approximate surface area is 54.9 Å². The van der Waals surface area contributed by atoms with E-state index in [1.54, 1.807) is 0 Å². The van der Waals surface area contributed by atoms with Crippen LogP contribution in [0.1, 0.15) is 0 Å². The smallest absolute Gasteiger partial charge is 0.371 e. The zero-order chi connectivity index (χ0) is 7.61. The van der Waals surface area contributed by atoms with Crippen molar-refractivity contribution in [2.45, 2.75) is 6.36 Å². The number of amidine groups is 1. The van der Waals surface area contributed by atoms with Crippen LogP contribution < -0.4 is 5.32 Å². The molecule has 0 aromatic rings. The van der Waals surface area contributed by atoms with Gasteiger partial charge < -0.3 is 4.74 Å². The van der Waals surface area contributed by atoms with Gasteiger partial charge >= 0.3 is 12.4 Å². The summed E-state index contributed by atoms with van der Waals surface area (Å²) in [6, 6.07) is -0.562. The first-order valence-corrected chi connectivity index (χ1v) is 2.55. The van der Waals surface area contributed by atoms with Crippen LogP contribution in [-0.2, 0) is 4.74 Å². The molecule has 0 atom stereocenters. The molecular formula is C4H4F3N2O. The molecule has 0 aliphatic carbocycles. The number of hydrogen-bond acceptors (Lipinski definition) is 2. The van der Waals surface area contributed by atoms with E-state index in [9.17, 15) is 13.2 Å². The van der Waals surface area contributed by atoms with Crippen LogP contribution in [0.15, 0.2) is 4.99 Å². The minimum atomic E-state index is -4.66. The van der Waals surface area contributed by atoms with Crippen LogP contribution in [-0.4, -0.2) is 25.5 Å². The molecule has 3 nitrogen and oxygen atoms in total. The summed E-state index contributed by atoms with van der Waals surface area (Å²) >= 11 is 0. The molecule has 0 spiro atoms. The summed E-state index contributed by atoms with van der Waals surface area (Å²) in [7, 11) is 0. The number of halogens is 3. The van der Waals surface area contributed by atoms with Gasteiger partial charge in [-0.05, 0) is 0 Å². The summed E-state index contributed by atoms with van der Waals surface area (Å²) < 4.78 is 37.4. The largest absolute Gasteiger partial charge is 0.575 e. The van der Waals surface area contributed by atoms with Crippen LogP contribution in [0, 0.1) is 0 Å². The van der Waals surface area contributed by atoms with Crippen molar-refractivity contribution in [3.8, 4) is 0 Å². The fourth-order valence-corrected chi connectivity index (χ4v) is 0.509. The highest BCUT2D eigenvalue weighted by molar-refractivity contribution is 5.74. The summed E-state index contributed by atoms with van der Waals surface area (Å²) in [5, 5.41) is 3.33. The molecule has 1 aliphatic rings. The summed E-state index contributed by atoms with van der Waals surface area (Å²) in [6.45, 7) is 0.566. The quantitative estimate of drug-likeness (QED) is 0.499. The number of alkyl halides is 3. The van der Waals surface area contributed by atoms with Gasteiger partial charge in [-0.3, -0.25) is 0 Å². The molecule has 0 saturated heterocycles. The number of rotatable bonds is 0. The van der Waals surface area contributed by atoms with Gasteiger partial charge in [0.05, 0.1) is 13.1 Å². The Hall–Kier alpha value is -0.940. The van der Waals surface area contributed by atoms with E-state index in [1.807, 2.05) is 0 Å². The van der Waals surface area contributed by atoms with Gasteiger partial charge in [0, 0.05) is 0 Å². The molecule has 0 bridgehead atoms. The van der Waals surface area contributed by atoms with Crippen molar-refractivity contribution in [2.24, 2.45) is 4.99 Å². The molecule has 6 heteroatoms. The number of hydrogen-bond donors (Lipinski definition) is 0. The predicted molar refractivity (Wildman–Crippen MR) is 26.4 cm³/mol. The van der Waals surface area contributed by atoms with E-state index < -0.39 is 12.4 Å². The Morgan fingerprint density at radius 2 is 2.00 bits per heavy atom. The molecule has 0 saturated carbocycles. The minimum Gasteiger partial charge on any atom is -0.371 e. The third-order valence-electron chi connectivity index (χ3n) is 0.801. The predicted octanol–water partition coefficient (Wildman–Crippen LogP) is 0.497. The Morgan fingerprint density at radius 3 is 2.40 bits per heavy atom. The second-order valence-electron chi connectivity index (χ2n) is 1.59. The lowest BCUT2D eigenvalue weighted by Gasteiger charge is -2.05. The molecule has 0 amide bonds. The van der Waals surface area contributed by atoms with Crippen LogP contribution in [0.3, 0.4) is 0 Å². The first-order valence-electron chi connectivity index (χ1n) is 2.55. The standard InChI is InChI=1S/C4H4F3N2O/c5-4(6,7)10-3-8-1-2-9-3/h1-2H2. The van der Waals surface area contributed by atoms with Crippen molar-refractivity contribution in [1.29, 1.82) is 0 Å². The van der Waals surface area contributed by atoms with Gasteiger partial charge in [-0.2, -0.15) is 0 Å². The van der Waals surface area contributed by atoms with Gasteiger partial charge in [0.25, 0.3) is 0 Å². The number of nitrogens with zero attached hydrogens (tertiary/aromatic N) is 2. The normalized spacial score (nSPS) is 18.1. The molecule has 1 radical (unpaired) electrons. The van der Waals surface area contributed by atoms with Crippen molar-refractivity contribution in [1.82, 2.24) is 5.32 Å². The lowest BCUT2D eigenvalue weighted by molar-refractivity contribution is -0.284. The van der Waals surface area contributed by atoms with E-state index >= 15 is 0 Å². The maximum atomic E-state index is 11.3. The minimum absolute atomic E-state index is 0.283. The molecule has 0 unspecified atom stereocenters. The average Bonchev–Trinajstić information content (AvgIpc) is 2.12. The van der Waals surface area contributed by atoms with Gasteiger partial charge in [-0.25, -0.2) is 10.3 Å². The fourth-order valence-electron chi connectivity index (χ4n) is 0.509. The molecule has 1 rings (SSSR count). The monoisotopic (exact) mass is 153 g/mol. The molecule has 10 heavy (non-hydrogen) atoms. The van der Waals surface area contributed by atoms with Crippen LogP contribution in [0.25, 0.3) is 0 Å². The molecule has 0 aromatic heterocycles. The molecule has 0 fully saturated rings. The maximum absolute atomic E-state index is 11.3. The van der Waals surface area contributed by atoms with Crippen molar-refractivity contribution in [3.63, 3.8) is 0 Å². The van der Waals surface area contributed by atoms with Crippen LogP contribution in [0.5, 0.6) is 0 Å². The highest BCUT2D eigenvalue weighted by atomic mass is 19.4. The SMILES string of the molecule is FC(F)(F)OC1=NCC[N]1. The molecule has 1 aliphatic heterocycles. The van der Waals surface area contributed by atoms with Gasteiger partial charge in [-0.1, -0.05) is 0 Å². The second kappa shape index (κ2) is 2.36. The van der Waals surface area contributed by atoms with E-state index in [1.165, 1.54) is 0 Å². The number of aliphatic imine (C=N–C) groups is 1. The lowest BCUT2D eigenvalue weighted by Crippen LogP contribution is -2.23. The van der Waals surface area contributed by atoms with Crippen LogP contribution in [0.4, 0.5) is 13.2 Å². The van der Waals surface area contributed by atoms with Gasteiger partial charge in [0.1, 0.15) is 0 Å². The summed E-state index contributed by atoms with van der Waals surface area (Å²) in [6.07, 6.45) is -4.66. The first kappa shape index (κ1) is 7.17. The molecule has 0 N–H and O–H groups in total. The summed E-state index contributed by atoms with van der Waals surface area (Å²) in [4.78, 5) is 3.33. The Kier molecular flexibility index (Phi) is 1.69. The first-order chi connectivity index (χ1) is 4.58. The third kappa shape index (κ3) is 2.12. The van der Waals surface area contributed by atoms with Crippen LogP contribution in [0.2, 0.25) is 0 Å². The molecule has 1 heterocycles. The van der Waals surface area contributed by atoms with Gasteiger partial charge in [-0.15, -0.1) is 13.2 Å². The fraction of sp³-hybridized carbons (Fsp3) is 0.750. The van der Waals surface area contributed by atoms with Crippen molar-refractivity contribution in [2.75, 3.05) is 13.1 Å². The molecule has 57 valence electrons. The summed E-state index contributed by atoms with van der Waals surface area (Å²) in [5.74, 6) is 0. The van der Waals surface area contributed by atoms with Crippen LogP contribution >= 0.6 is 0 Å². The van der Waals surface area contributed by atoms with Crippen molar-refractivity contribution < 1.29 is 17.9 Å². The molecular weight excluding hydrogens is 149 g/mol. The van der Waals surface area contributed by atoms with E-state index in [0.717, 1.165) is 0 Å². The zero-order valence-corrected chi connectivity index (χ0v) is 4.85. The van der Waals surface area contributed by atoms with E-state index in [4.69, 9.17) is 0 Å². The van der Waals surface area contributed by atoms with Crippen molar-refractivity contribution in [3.05, 3.63) is 0 Å². The van der Waals surface area contributed by atoms with Gasteiger partial charge in [0.15, 0.2) is 0 Å². The van der Waals surface area contributed by atoms with Crippen molar-refractivity contribution >= 4 is 6.02 Å². The second-order valence-corrected chi connectivity index (χ2v) is 1.59. The highest BCUT2D eigenvalue weighted by Gasteiger charge is 2.34. The van der Waals surface area contributed by atoms with E-state index in [0.29, 0.717) is 0 Å². The zero-order valence-electron chi connectivity index (χ0n) is 4.85. The van der Waals surface area contributed by atoms with E-state index in [-0.39, 0.29) is 13.1 Å². The third-order valence-corrected chi connectivity index (χ3v) is 0.801. The lowest BCUT2D eigenvalue weighted by atomic mass is 10.7. The Bertz CT molecular complexity index is 153. The summed E-state index contributed by atoms with van der Waals surface area (Å²) in [5.41, 5.74) is 0. The number of ether oxygens (including phenoxy) is 1. The Balaban J connectivity index is 2.38. The van der Waals surface area contributed by atoms with Gasteiger partial charge in [0.2, 0.25) is 0 Å². The maximum Gasteiger partial charge on any atom is 0.575 e. The topological polar surface area (TPSA) is 35.7 Å². The highest BCUT2D eigenvalue weighted by Crippen LogP contribution is 2.16. The Morgan fingerprint density at radius 1 is 1.30 bits per heavy atom.